The number of hydrogen-bond donors (Lipinski definition) is 2. The Morgan fingerprint density at radius 1 is 1.17 bits per heavy atom. The zero-order valence-corrected chi connectivity index (χ0v) is 17.8. The number of ether oxygens (including phenoxy) is 1. The molecular formula is C22H35N5O2. The summed E-state index contributed by atoms with van der Waals surface area (Å²) in [7, 11) is 1.80. The number of guanidine groups is 1. The van der Waals surface area contributed by atoms with Gasteiger partial charge in [-0.3, -0.25) is 9.79 Å². The fourth-order valence-electron chi connectivity index (χ4n) is 4.04. The molecule has 3 rings (SSSR count). The van der Waals surface area contributed by atoms with Crippen LogP contribution in [0.5, 0.6) is 5.75 Å². The lowest BCUT2D eigenvalue weighted by molar-refractivity contribution is -0.121. The van der Waals surface area contributed by atoms with Gasteiger partial charge in [0.15, 0.2) is 12.6 Å². The topological polar surface area (TPSA) is 69.2 Å². The maximum Gasteiger partial charge on any atom is 0.265 e. The summed E-state index contributed by atoms with van der Waals surface area (Å²) < 4.78 is 5.49. The number of fused-ring (bicyclic) bond motifs is 1. The zero-order valence-electron chi connectivity index (χ0n) is 17.8. The van der Waals surface area contributed by atoms with Crippen LogP contribution in [0.25, 0.3) is 0 Å². The van der Waals surface area contributed by atoms with Gasteiger partial charge in [0.2, 0.25) is 0 Å². The van der Waals surface area contributed by atoms with Gasteiger partial charge in [-0.2, -0.15) is 0 Å². The molecule has 2 aliphatic heterocycles. The maximum absolute atomic E-state index is 12.2. The first-order chi connectivity index (χ1) is 14.2. The van der Waals surface area contributed by atoms with Gasteiger partial charge in [0.1, 0.15) is 5.75 Å². The molecule has 0 aromatic heterocycles. The minimum atomic E-state index is 0.0122. The van der Waals surface area contributed by atoms with Crippen LogP contribution in [0.3, 0.4) is 0 Å². The summed E-state index contributed by atoms with van der Waals surface area (Å²) in [6, 6.07) is 8.42. The predicted octanol–water partition coefficient (Wildman–Crippen LogP) is 2.23. The quantitative estimate of drug-likeness (QED) is 0.397. The van der Waals surface area contributed by atoms with Gasteiger partial charge < -0.3 is 25.2 Å². The summed E-state index contributed by atoms with van der Waals surface area (Å²) in [6.07, 6.45) is 5.98. The standard InChI is InChI=1S/C22H35N5O2/c1-18-9-5-6-14-26(18)15-7-12-24-22(23-2)25-13-8-16-27-19-10-3-4-11-20(19)29-17-21(27)28/h3-4,10-11,18H,5-9,12-17H2,1-2H3,(H2,23,24,25). The summed E-state index contributed by atoms with van der Waals surface area (Å²) in [6.45, 7) is 7.17. The van der Waals surface area contributed by atoms with Crippen molar-refractivity contribution in [1.29, 1.82) is 0 Å². The van der Waals surface area contributed by atoms with E-state index in [1.165, 1.54) is 25.8 Å². The zero-order chi connectivity index (χ0) is 20.5. The number of benzene rings is 1. The molecule has 29 heavy (non-hydrogen) atoms. The molecule has 1 fully saturated rings. The molecule has 7 heteroatoms. The number of aliphatic imine (C=N–C) groups is 1. The third-order valence-corrected chi connectivity index (χ3v) is 5.74. The van der Waals surface area contributed by atoms with Gasteiger partial charge in [0.25, 0.3) is 5.91 Å². The molecular weight excluding hydrogens is 366 g/mol. The normalized spacial score (nSPS) is 20.2. The lowest BCUT2D eigenvalue weighted by Crippen LogP contribution is -2.43. The van der Waals surface area contributed by atoms with E-state index in [-0.39, 0.29) is 12.5 Å². The largest absolute Gasteiger partial charge is 0.482 e. The SMILES string of the molecule is CN=C(NCCCN1C(=O)COc2ccccc21)NCCCN1CCCCC1C. The Balaban J connectivity index is 1.33. The average molecular weight is 402 g/mol. The Bertz CT molecular complexity index is 694. The van der Waals surface area contributed by atoms with E-state index in [0.29, 0.717) is 12.6 Å². The summed E-state index contributed by atoms with van der Waals surface area (Å²) in [4.78, 5) is 20.9. The molecule has 0 radical (unpaired) electrons. The van der Waals surface area contributed by atoms with Crippen molar-refractivity contribution in [1.82, 2.24) is 15.5 Å². The molecule has 1 aromatic rings. The Labute approximate surface area is 174 Å². The molecule has 1 aromatic carbocycles. The maximum atomic E-state index is 12.2. The molecule has 2 N–H and O–H groups in total. The minimum absolute atomic E-state index is 0.0122. The van der Waals surface area contributed by atoms with E-state index < -0.39 is 0 Å². The van der Waals surface area contributed by atoms with E-state index >= 15 is 0 Å². The first-order valence-corrected chi connectivity index (χ1v) is 10.9. The second-order valence-corrected chi connectivity index (χ2v) is 7.82. The molecule has 0 saturated carbocycles. The van der Waals surface area contributed by atoms with Crippen LogP contribution in [0, 0.1) is 0 Å². The average Bonchev–Trinajstić information content (AvgIpc) is 2.75. The molecule has 1 atom stereocenters. The van der Waals surface area contributed by atoms with Gasteiger partial charge in [0.05, 0.1) is 5.69 Å². The molecule has 1 unspecified atom stereocenters. The molecule has 0 bridgehead atoms. The molecule has 2 heterocycles. The number of rotatable bonds is 8. The number of carbonyl (C=O) groups is 1. The molecule has 1 amide bonds. The van der Waals surface area contributed by atoms with Crippen molar-refractivity contribution in [3.8, 4) is 5.75 Å². The van der Waals surface area contributed by atoms with Gasteiger partial charge >= 0.3 is 0 Å². The van der Waals surface area contributed by atoms with Crippen molar-refractivity contribution in [3.63, 3.8) is 0 Å². The molecule has 160 valence electrons. The Morgan fingerprint density at radius 3 is 2.69 bits per heavy atom. The van der Waals surface area contributed by atoms with Crippen molar-refractivity contribution in [2.45, 2.75) is 45.1 Å². The lowest BCUT2D eigenvalue weighted by Gasteiger charge is -2.33. The number of piperidine rings is 1. The number of carbonyl (C=O) groups excluding carboxylic acids is 1. The monoisotopic (exact) mass is 401 g/mol. The molecule has 7 nitrogen and oxygen atoms in total. The molecule has 2 aliphatic rings. The first kappa shape index (κ1) is 21.4. The van der Waals surface area contributed by atoms with Crippen LogP contribution in [0.15, 0.2) is 29.3 Å². The highest BCUT2D eigenvalue weighted by Gasteiger charge is 2.24. The van der Waals surface area contributed by atoms with Crippen molar-refractivity contribution < 1.29 is 9.53 Å². The van der Waals surface area contributed by atoms with E-state index in [2.05, 4.69) is 27.4 Å². The van der Waals surface area contributed by atoms with Gasteiger partial charge in [-0.15, -0.1) is 0 Å². The van der Waals surface area contributed by atoms with Gasteiger partial charge in [0, 0.05) is 39.3 Å². The fourth-order valence-corrected chi connectivity index (χ4v) is 4.04. The first-order valence-electron chi connectivity index (χ1n) is 10.9. The van der Waals surface area contributed by atoms with Crippen LogP contribution in [-0.4, -0.2) is 69.2 Å². The fraction of sp³-hybridized carbons (Fsp3) is 0.636. The highest BCUT2D eigenvalue weighted by atomic mass is 16.5. The third kappa shape index (κ3) is 6.10. The number of anilines is 1. The summed E-state index contributed by atoms with van der Waals surface area (Å²) in [5, 5.41) is 6.75. The summed E-state index contributed by atoms with van der Waals surface area (Å²) in [5.74, 6) is 1.61. The Kier molecular flexibility index (Phi) is 8.16. The number of amides is 1. The van der Waals surface area contributed by atoms with Crippen LogP contribution in [-0.2, 0) is 4.79 Å². The Morgan fingerprint density at radius 2 is 1.93 bits per heavy atom. The highest BCUT2D eigenvalue weighted by Crippen LogP contribution is 2.31. The van der Waals surface area contributed by atoms with Crippen LogP contribution in [0.2, 0.25) is 0 Å². The molecule has 0 aliphatic carbocycles. The molecule has 1 saturated heterocycles. The second kappa shape index (κ2) is 11.0. The van der Waals surface area contributed by atoms with Crippen molar-refractivity contribution in [2.75, 3.05) is 51.3 Å². The van der Waals surface area contributed by atoms with Gasteiger partial charge in [-0.25, -0.2) is 0 Å². The third-order valence-electron chi connectivity index (χ3n) is 5.74. The van der Waals surface area contributed by atoms with Crippen LogP contribution in [0.1, 0.15) is 39.0 Å². The summed E-state index contributed by atoms with van der Waals surface area (Å²) in [5.41, 5.74) is 0.859. The van der Waals surface area contributed by atoms with Crippen molar-refractivity contribution >= 4 is 17.6 Å². The van der Waals surface area contributed by atoms with Crippen molar-refractivity contribution in [2.24, 2.45) is 4.99 Å². The van der Waals surface area contributed by atoms with Crippen LogP contribution < -0.4 is 20.3 Å². The summed E-state index contributed by atoms with van der Waals surface area (Å²) >= 11 is 0. The van der Waals surface area contributed by atoms with Crippen LogP contribution >= 0.6 is 0 Å². The predicted molar refractivity (Wildman–Crippen MR) is 118 cm³/mol. The van der Waals surface area contributed by atoms with E-state index in [0.717, 1.165) is 49.9 Å². The minimum Gasteiger partial charge on any atom is -0.482 e. The van der Waals surface area contributed by atoms with E-state index in [1.54, 1.807) is 7.05 Å². The number of para-hydroxylation sites is 2. The van der Waals surface area contributed by atoms with E-state index in [9.17, 15) is 4.79 Å². The molecule has 0 spiro atoms. The Hall–Kier alpha value is -2.28. The number of hydrogen-bond acceptors (Lipinski definition) is 4. The smallest absolute Gasteiger partial charge is 0.265 e. The second-order valence-electron chi connectivity index (χ2n) is 7.82. The highest BCUT2D eigenvalue weighted by molar-refractivity contribution is 5.97. The van der Waals surface area contributed by atoms with Gasteiger partial charge in [-0.05, 0) is 51.3 Å². The van der Waals surface area contributed by atoms with E-state index in [1.807, 2.05) is 29.2 Å². The van der Waals surface area contributed by atoms with E-state index in [4.69, 9.17) is 4.74 Å². The van der Waals surface area contributed by atoms with Crippen molar-refractivity contribution in [3.05, 3.63) is 24.3 Å². The van der Waals surface area contributed by atoms with Crippen LogP contribution in [0.4, 0.5) is 5.69 Å². The number of nitrogens with one attached hydrogen (secondary N) is 2. The van der Waals surface area contributed by atoms with Gasteiger partial charge in [-0.1, -0.05) is 18.6 Å². The number of nitrogens with zero attached hydrogens (tertiary/aromatic N) is 3. The lowest BCUT2D eigenvalue weighted by atomic mass is 10.0. The number of likely N-dealkylation sites (tertiary alicyclic amines) is 1.